The van der Waals surface area contributed by atoms with Crippen molar-refractivity contribution in [3.05, 3.63) is 47.5 Å². The molecule has 2 rings (SSSR count). The van der Waals surface area contributed by atoms with Gasteiger partial charge in [0.25, 0.3) is 0 Å². The van der Waals surface area contributed by atoms with Crippen molar-refractivity contribution in [3.63, 3.8) is 0 Å². The number of benzene rings is 2. The zero-order valence-corrected chi connectivity index (χ0v) is 12.2. The van der Waals surface area contributed by atoms with E-state index in [1.54, 1.807) is 24.3 Å². The second-order valence-electron chi connectivity index (χ2n) is 5.76. The zero-order valence-electron chi connectivity index (χ0n) is 12.2. The maximum Gasteiger partial charge on any atom is 0.339 e. The third kappa shape index (κ3) is 2.87. The molecule has 0 radical (unpaired) electrons. The van der Waals surface area contributed by atoms with Crippen LogP contribution in [0.4, 0.5) is 0 Å². The summed E-state index contributed by atoms with van der Waals surface area (Å²) in [6.45, 7) is 7.01. The number of hydrogen-bond donors (Lipinski definition) is 0. The summed E-state index contributed by atoms with van der Waals surface area (Å²) in [5.74, 6) is -0.388. The van der Waals surface area contributed by atoms with Crippen molar-refractivity contribution in [1.29, 1.82) is 0 Å². The molecule has 0 heterocycles. The van der Waals surface area contributed by atoms with E-state index in [1.165, 1.54) is 6.92 Å². The topological polar surface area (TPSA) is 43.4 Å². The fourth-order valence-corrected chi connectivity index (χ4v) is 2.13. The van der Waals surface area contributed by atoms with Gasteiger partial charge in [-0.15, -0.1) is 0 Å². The van der Waals surface area contributed by atoms with Crippen molar-refractivity contribution in [3.8, 4) is 0 Å². The summed E-state index contributed by atoms with van der Waals surface area (Å²) in [5, 5.41) is 1.53. The van der Waals surface area contributed by atoms with Crippen LogP contribution in [-0.2, 0) is 4.74 Å². The van der Waals surface area contributed by atoms with Crippen LogP contribution in [0.3, 0.4) is 0 Å². The fourth-order valence-electron chi connectivity index (χ4n) is 2.13. The van der Waals surface area contributed by atoms with Gasteiger partial charge in [-0.1, -0.05) is 30.3 Å². The highest BCUT2D eigenvalue weighted by molar-refractivity contribution is 6.12. The summed E-state index contributed by atoms with van der Waals surface area (Å²) in [6.07, 6.45) is 0. The SMILES string of the molecule is CC(=O)c1cccc2c(C(=O)OC(C)(C)C)cccc12. The summed E-state index contributed by atoms with van der Waals surface area (Å²) < 4.78 is 5.41. The van der Waals surface area contributed by atoms with E-state index in [1.807, 2.05) is 32.9 Å². The minimum Gasteiger partial charge on any atom is -0.456 e. The Labute approximate surface area is 118 Å². The normalized spacial score (nSPS) is 11.4. The van der Waals surface area contributed by atoms with Crippen molar-refractivity contribution in [2.24, 2.45) is 0 Å². The highest BCUT2D eigenvalue weighted by atomic mass is 16.6. The number of ether oxygens (including phenoxy) is 1. The molecule has 3 heteroatoms. The molecule has 0 aliphatic rings. The Morgan fingerprint density at radius 3 is 1.90 bits per heavy atom. The van der Waals surface area contributed by atoms with Gasteiger partial charge in [-0.3, -0.25) is 4.79 Å². The standard InChI is InChI=1S/C17H18O3/c1-11(18)12-7-5-9-14-13(12)8-6-10-15(14)16(19)20-17(2,3)4/h5-10H,1-4H3. The summed E-state index contributed by atoms with van der Waals surface area (Å²) in [5.41, 5.74) is 0.561. The third-order valence-corrected chi connectivity index (χ3v) is 2.92. The number of hydrogen-bond acceptors (Lipinski definition) is 3. The second kappa shape index (κ2) is 5.08. The van der Waals surface area contributed by atoms with Crippen LogP contribution in [0.25, 0.3) is 10.8 Å². The monoisotopic (exact) mass is 270 g/mol. The number of carbonyl (C=O) groups excluding carboxylic acids is 2. The first-order chi connectivity index (χ1) is 9.29. The van der Waals surface area contributed by atoms with Crippen molar-refractivity contribution in [2.75, 3.05) is 0 Å². The largest absolute Gasteiger partial charge is 0.456 e. The van der Waals surface area contributed by atoms with Crippen molar-refractivity contribution < 1.29 is 14.3 Å². The van der Waals surface area contributed by atoms with E-state index in [0.717, 1.165) is 10.8 Å². The first-order valence-electron chi connectivity index (χ1n) is 6.55. The number of fused-ring (bicyclic) bond motifs is 1. The Morgan fingerprint density at radius 1 is 0.900 bits per heavy atom. The second-order valence-corrected chi connectivity index (χ2v) is 5.76. The smallest absolute Gasteiger partial charge is 0.339 e. The molecule has 0 atom stereocenters. The molecule has 3 nitrogen and oxygen atoms in total. The van der Waals surface area contributed by atoms with Crippen LogP contribution in [0.2, 0.25) is 0 Å². The van der Waals surface area contributed by atoms with E-state index in [2.05, 4.69) is 0 Å². The molecule has 0 unspecified atom stereocenters. The van der Waals surface area contributed by atoms with Crippen LogP contribution in [0, 0.1) is 0 Å². The summed E-state index contributed by atoms with van der Waals surface area (Å²) in [6, 6.07) is 10.7. The minimum atomic E-state index is -0.544. The van der Waals surface area contributed by atoms with Gasteiger partial charge in [0.15, 0.2) is 5.78 Å². The van der Waals surface area contributed by atoms with Gasteiger partial charge in [-0.2, -0.15) is 0 Å². The molecule has 2 aromatic carbocycles. The van der Waals surface area contributed by atoms with Gasteiger partial charge < -0.3 is 4.74 Å². The Bertz CT molecular complexity index is 678. The minimum absolute atomic E-state index is 0.0167. The molecule has 0 saturated carbocycles. The molecule has 0 fully saturated rings. The number of Topliss-reactive ketones (excluding diaryl/α,β-unsaturated/α-hetero) is 1. The van der Waals surface area contributed by atoms with Crippen LogP contribution in [0.15, 0.2) is 36.4 Å². The zero-order chi connectivity index (χ0) is 14.9. The van der Waals surface area contributed by atoms with Crippen molar-refractivity contribution >= 4 is 22.5 Å². The summed E-state index contributed by atoms with van der Waals surface area (Å²) in [4.78, 5) is 23.9. The van der Waals surface area contributed by atoms with E-state index in [-0.39, 0.29) is 11.8 Å². The first kappa shape index (κ1) is 14.3. The average molecular weight is 270 g/mol. The van der Waals surface area contributed by atoms with E-state index < -0.39 is 5.60 Å². The van der Waals surface area contributed by atoms with E-state index >= 15 is 0 Å². The van der Waals surface area contributed by atoms with Crippen LogP contribution in [-0.4, -0.2) is 17.4 Å². The molecule has 104 valence electrons. The molecule has 0 N–H and O–H groups in total. The Kier molecular flexibility index (Phi) is 3.62. The van der Waals surface area contributed by atoms with E-state index in [0.29, 0.717) is 11.1 Å². The Balaban J connectivity index is 2.59. The van der Waals surface area contributed by atoms with Gasteiger partial charge in [0, 0.05) is 5.56 Å². The molecule has 0 spiro atoms. The predicted octanol–water partition coefficient (Wildman–Crippen LogP) is 4.00. The number of carbonyl (C=O) groups is 2. The van der Waals surface area contributed by atoms with Crippen molar-refractivity contribution in [2.45, 2.75) is 33.3 Å². The van der Waals surface area contributed by atoms with Gasteiger partial charge in [-0.25, -0.2) is 4.79 Å². The summed E-state index contributed by atoms with van der Waals surface area (Å²) in [7, 11) is 0. The molecule has 0 bridgehead atoms. The highest BCUT2D eigenvalue weighted by Gasteiger charge is 2.20. The fraction of sp³-hybridized carbons (Fsp3) is 0.294. The van der Waals surface area contributed by atoms with Gasteiger partial charge >= 0.3 is 5.97 Å². The molecule has 0 amide bonds. The van der Waals surface area contributed by atoms with Gasteiger partial charge in [0.2, 0.25) is 0 Å². The van der Waals surface area contributed by atoms with Gasteiger partial charge in [0.05, 0.1) is 5.56 Å². The molecule has 2 aromatic rings. The van der Waals surface area contributed by atoms with Crippen LogP contribution < -0.4 is 0 Å². The van der Waals surface area contributed by atoms with Crippen LogP contribution in [0.1, 0.15) is 48.4 Å². The lowest BCUT2D eigenvalue weighted by molar-refractivity contribution is 0.00717. The maximum atomic E-state index is 12.2. The first-order valence-corrected chi connectivity index (χ1v) is 6.55. The quantitative estimate of drug-likeness (QED) is 0.612. The lowest BCUT2D eigenvalue weighted by Gasteiger charge is -2.20. The Morgan fingerprint density at radius 2 is 1.40 bits per heavy atom. The molecule has 0 aliphatic heterocycles. The van der Waals surface area contributed by atoms with Crippen LogP contribution in [0.5, 0.6) is 0 Å². The molecule has 0 aliphatic carbocycles. The molecule has 0 aromatic heterocycles. The van der Waals surface area contributed by atoms with E-state index in [4.69, 9.17) is 4.74 Å². The maximum absolute atomic E-state index is 12.2. The Hall–Kier alpha value is -2.16. The molecular formula is C17H18O3. The highest BCUT2D eigenvalue weighted by Crippen LogP contribution is 2.24. The van der Waals surface area contributed by atoms with E-state index in [9.17, 15) is 9.59 Å². The van der Waals surface area contributed by atoms with Gasteiger partial charge in [0.1, 0.15) is 5.60 Å². The summed E-state index contributed by atoms with van der Waals surface area (Å²) >= 11 is 0. The predicted molar refractivity (Wildman–Crippen MR) is 79.1 cm³/mol. The number of esters is 1. The van der Waals surface area contributed by atoms with Gasteiger partial charge in [-0.05, 0) is 44.5 Å². The average Bonchev–Trinajstić information content (AvgIpc) is 2.35. The molecule has 20 heavy (non-hydrogen) atoms. The third-order valence-electron chi connectivity index (χ3n) is 2.92. The molecular weight excluding hydrogens is 252 g/mol. The number of rotatable bonds is 2. The van der Waals surface area contributed by atoms with Crippen LogP contribution >= 0.6 is 0 Å². The molecule has 0 saturated heterocycles. The lowest BCUT2D eigenvalue weighted by Crippen LogP contribution is -2.24. The lowest BCUT2D eigenvalue weighted by atomic mass is 9.98. The van der Waals surface area contributed by atoms with Crippen molar-refractivity contribution in [1.82, 2.24) is 0 Å². The number of ketones is 1.